The van der Waals surface area contributed by atoms with E-state index in [-0.39, 0.29) is 17.5 Å². The van der Waals surface area contributed by atoms with Gasteiger partial charge >= 0.3 is 0 Å². The number of aromatic nitrogens is 2. The number of rotatable bonds is 4. The minimum absolute atomic E-state index is 0.122. The second kappa shape index (κ2) is 7.90. The molecule has 31 heavy (non-hydrogen) atoms. The second-order valence-electron chi connectivity index (χ2n) is 8.68. The molecular weight excluding hydrogens is 436 g/mol. The molecule has 1 aromatic carbocycles. The summed E-state index contributed by atoms with van der Waals surface area (Å²) in [6.07, 6.45) is 0.589. The largest absolute Gasteiger partial charge is 0.366 e. The summed E-state index contributed by atoms with van der Waals surface area (Å²) < 4.78 is 53.6. The van der Waals surface area contributed by atoms with Crippen LogP contribution in [0, 0.1) is 27.7 Å². The summed E-state index contributed by atoms with van der Waals surface area (Å²) >= 11 is 0. The molecule has 2 aromatic rings. The number of hydrogen-bond acceptors (Lipinski definition) is 6. The number of aryl methyl sites for hydroxylation is 3. The molecule has 10 heteroatoms. The van der Waals surface area contributed by atoms with Crippen molar-refractivity contribution in [3.8, 4) is 0 Å². The minimum atomic E-state index is -3.54. The Morgan fingerprint density at radius 3 is 2.32 bits per heavy atom. The SMILES string of the molecule is Cc1ccc(C)c(S(=O)(=O)N2CCN(c3c(C)nn(C4CCS(=O)(=O)C4)c3C)CC2)c1. The van der Waals surface area contributed by atoms with Crippen molar-refractivity contribution in [2.45, 2.75) is 45.1 Å². The summed E-state index contributed by atoms with van der Waals surface area (Å²) in [7, 11) is -6.54. The summed E-state index contributed by atoms with van der Waals surface area (Å²) in [6, 6.07) is 5.39. The van der Waals surface area contributed by atoms with Gasteiger partial charge in [-0.05, 0) is 51.3 Å². The fourth-order valence-electron chi connectivity index (χ4n) is 4.71. The van der Waals surface area contributed by atoms with Crippen molar-refractivity contribution < 1.29 is 16.8 Å². The Morgan fingerprint density at radius 1 is 1.03 bits per heavy atom. The lowest BCUT2D eigenvalue weighted by molar-refractivity contribution is 0.384. The monoisotopic (exact) mass is 466 g/mol. The summed E-state index contributed by atoms with van der Waals surface area (Å²) in [5, 5.41) is 4.65. The molecule has 0 radical (unpaired) electrons. The van der Waals surface area contributed by atoms with Crippen molar-refractivity contribution in [2.75, 3.05) is 42.6 Å². The van der Waals surface area contributed by atoms with Crippen LogP contribution in [0.25, 0.3) is 0 Å². The highest BCUT2D eigenvalue weighted by Crippen LogP contribution is 2.32. The summed E-state index contributed by atoms with van der Waals surface area (Å²) in [5.41, 5.74) is 4.48. The molecule has 4 rings (SSSR count). The molecular formula is C21H30N4O4S2. The van der Waals surface area contributed by atoms with Gasteiger partial charge in [-0.1, -0.05) is 12.1 Å². The number of sulfone groups is 1. The van der Waals surface area contributed by atoms with E-state index in [4.69, 9.17) is 0 Å². The fraction of sp³-hybridized carbons (Fsp3) is 0.571. The first-order valence-electron chi connectivity index (χ1n) is 10.6. The third kappa shape index (κ3) is 4.12. The van der Waals surface area contributed by atoms with E-state index in [2.05, 4.69) is 10.00 Å². The lowest BCUT2D eigenvalue weighted by atomic mass is 10.2. The van der Waals surface area contributed by atoms with Crippen molar-refractivity contribution in [3.63, 3.8) is 0 Å². The van der Waals surface area contributed by atoms with Gasteiger partial charge in [-0.25, -0.2) is 16.8 Å². The molecule has 1 atom stereocenters. The zero-order chi connectivity index (χ0) is 22.6. The molecule has 2 aliphatic rings. The van der Waals surface area contributed by atoms with Gasteiger partial charge < -0.3 is 4.90 Å². The zero-order valence-electron chi connectivity index (χ0n) is 18.5. The number of nitrogens with zero attached hydrogens (tertiary/aromatic N) is 4. The van der Waals surface area contributed by atoms with Gasteiger partial charge in [0.25, 0.3) is 0 Å². The maximum Gasteiger partial charge on any atom is 0.243 e. The highest BCUT2D eigenvalue weighted by atomic mass is 32.2. The van der Waals surface area contributed by atoms with E-state index in [9.17, 15) is 16.8 Å². The average molecular weight is 467 g/mol. The zero-order valence-corrected chi connectivity index (χ0v) is 20.1. The number of sulfonamides is 1. The fourth-order valence-corrected chi connectivity index (χ4v) is 8.14. The van der Waals surface area contributed by atoms with Gasteiger partial charge in [0.15, 0.2) is 9.84 Å². The van der Waals surface area contributed by atoms with E-state index in [1.165, 1.54) is 0 Å². The Labute approximate surface area is 184 Å². The third-order valence-corrected chi connectivity index (χ3v) is 10.1. The molecule has 3 heterocycles. The van der Waals surface area contributed by atoms with Crippen LogP contribution >= 0.6 is 0 Å². The van der Waals surface area contributed by atoms with Gasteiger partial charge in [0.05, 0.1) is 39.5 Å². The molecule has 2 saturated heterocycles. The average Bonchev–Trinajstić information content (AvgIpc) is 3.21. The standard InChI is InChI=1S/C21H30N4O4S2/c1-15-5-6-16(2)20(13-15)31(28,29)24-10-8-23(9-11-24)21-17(3)22-25(18(21)4)19-7-12-30(26,27)14-19/h5-6,13,19H,7-12,14H2,1-4H3. The highest BCUT2D eigenvalue weighted by molar-refractivity contribution is 7.91. The first-order chi connectivity index (χ1) is 14.5. The molecule has 0 amide bonds. The van der Waals surface area contributed by atoms with Crippen LogP contribution in [-0.2, 0) is 19.9 Å². The second-order valence-corrected chi connectivity index (χ2v) is 12.8. The lowest BCUT2D eigenvalue weighted by Gasteiger charge is -2.35. The van der Waals surface area contributed by atoms with Crippen molar-refractivity contribution >= 4 is 25.5 Å². The van der Waals surface area contributed by atoms with Gasteiger partial charge in [0, 0.05) is 26.2 Å². The molecule has 0 saturated carbocycles. The van der Waals surface area contributed by atoms with Gasteiger partial charge in [-0.3, -0.25) is 4.68 Å². The van der Waals surface area contributed by atoms with Crippen LogP contribution in [0.1, 0.15) is 35.0 Å². The van der Waals surface area contributed by atoms with Crippen LogP contribution in [0.5, 0.6) is 0 Å². The van der Waals surface area contributed by atoms with Crippen LogP contribution in [-0.4, -0.2) is 68.6 Å². The van der Waals surface area contributed by atoms with Gasteiger partial charge in [0.2, 0.25) is 10.0 Å². The molecule has 170 valence electrons. The Kier molecular flexibility index (Phi) is 5.68. The van der Waals surface area contributed by atoms with E-state index >= 15 is 0 Å². The smallest absolute Gasteiger partial charge is 0.243 e. The Hall–Kier alpha value is -1.91. The summed E-state index contributed by atoms with van der Waals surface area (Å²) in [5.74, 6) is 0.344. The van der Waals surface area contributed by atoms with Gasteiger partial charge in [-0.15, -0.1) is 0 Å². The number of hydrogen-bond donors (Lipinski definition) is 0. The number of piperazine rings is 1. The number of anilines is 1. The first kappa shape index (κ1) is 22.3. The van der Waals surface area contributed by atoms with Crippen LogP contribution < -0.4 is 4.90 Å². The molecule has 1 unspecified atom stereocenters. The summed E-state index contributed by atoms with van der Waals surface area (Å²) in [6.45, 7) is 9.57. The quantitative estimate of drug-likeness (QED) is 0.684. The van der Waals surface area contributed by atoms with Gasteiger partial charge in [0.1, 0.15) is 0 Å². The van der Waals surface area contributed by atoms with E-state index in [0.29, 0.717) is 37.5 Å². The van der Waals surface area contributed by atoms with Crippen molar-refractivity contribution in [1.82, 2.24) is 14.1 Å². The highest BCUT2D eigenvalue weighted by Gasteiger charge is 2.34. The predicted molar refractivity (Wildman–Crippen MR) is 121 cm³/mol. The van der Waals surface area contributed by atoms with E-state index in [0.717, 1.165) is 28.2 Å². The van der Waals surface area contributed by atoms with Crippen LogP contribution in [0.3, 0.4) is 0 Å². The normalized spacial score (nSPS) is 22.2. The van der Waals surface area contributed by atoms with Crippen molar-refractivity contribution in [2.24, 2.45) is 0 Å². The molecule has 0 N–H and O–H groups in total. The molecule has 2 fully saturated rings. The maximum absolute atomic E-state index is 13.2. The van der Waals surface area contributed by atoms with Crippen LogP contribution in [0.2, 0.25) is 0 Å². The minimum Gasteiger partial charge on any atom is -0.366 e. The Bertz CT molecular complexity index is 1210. The predicted octanol–water partition coefficient (Wildman–Crippen LogP) is 1.99. The lowest BCUT2D eigenvalue weighted by Crippen LogP contribution is -2.49. The summed E-state index contributed by atoms with van der Waals surface area (Å²) in [4.78, 5) is 2.55. The molecule has 0 spiro atoms. The topological polar surface area (TPSA) is 92.6 Å². The van der Waals surface area contributed by atoms with Crippen LogP contribution in [0.15, 0.2) is 23.1 Å². The van der Waals surface area contributed by atoms with Crippen molar-refractivity contribution in [3.05, 3.63) is 40.7 Å². The molecule has 8 nitrogen and oxygen atoms in total. The van der Waals surface area contributed by atoms with Crippen molar-refractivity contribution in [1.29, 1.82) is 0 Å². The molecule has 0 bridgehead atoms. The maximum atomic E-state index is 13.2. The Morgan fingerprint density at radius 2 is 1.71 bits per heavy atom. The van der Waals surface area contributed by atoms with E-state index in [1.807, 2.05) is 44.5 Å². The van der Waals surface area contributed by atoms with Gasteiger partial charge in [-0.2, -0.15) is 9.40 Å². The number of benzene rings is 1. The molecule has 1 aromatic heterocycles. The van der Waals surface area contributed by atoms with E-state index < -0.39 is 19.9 Å². The first-order valence-corrected chi connectivity index (χ1v) is 13.8. The Balaban J connectivity index is 1.52. The molecule has 0 aliphatic carbocycles. The molecule has 2 aliphatic heterocycles. The van der Waals surface area contributed by atoms with Crippen LogP contribution in [0.4, 0.5) is 5.69 Å². The van der Waals surface area contributed by atoms with E-state index in [1.54, 1.807) is 10.4 Å². The third-order valence-electron chi connectivity index (χ3n) is 6.36.